The van der Waals surface area contributed by atoms with Crippen LogP contribution in [-0.2, 0) is 4.74 Å². The van der Waals surface area contributed by atoms with E-state index >= 15 is 0 Å². The highest BCUT2D eigenvalue weighted by molar-refractivity contribution is 6.03. The van der Waals surface area contributed by atoms with Gasteiger partial charge in [0.1, 0.15) is 6.23 Å². The molecule has 0 spiro atoms. The topological polar surface area (TPSA) is 88.2 Å². The van der Waals surface area contributed by atoms with Crippen LogP contribution in [0, 0.1) is 15.5 Å². The Morgan fingerprint density at radius 1 is 1.55 bits per heavy atom. The first-order chi connectivity index (χ1) is 9.61. The maximum absolute atomic E-state index is 10.9. The Bertz CT molecular complexity index is 510. The van der Waals surface area contributed by atoms with Gasteiger partial charge in [0.15, 0.2) is 0 Å². The maximum atomic E-state index is 10.9. The molecule has 1 aliphatic rings. The smallest absolute Gasteiger partial charge is 0.271 e. The Labute approximate surface area is 117 Å². The summed E-state index contributed by atoms with van der Waals surface area (Å²) in [4.78, 5) is 10.5. The second kappa shape index (κ2) is 6.47. The van der Waals surface area contributed by atoms with Crippen LogP contribution in [-0.4, -0.2) is 23.5 Å². The van der Waals surface area contributed by atoms with Crippen LogP contribution in [0.25, 0.3) is 0 Å². The molecule has 0 aliphatic carbocycles. The molecule has 0 radical (unpaired) electrons. The number of benzene rings is 1. The van der Waals surface area contributed by atoms with Crippen molar-refractivity contribution in [1.82, 2.24) is 0 Å². The minimum atomic E-state index is -0.424. The largest absolute Gasteiger partial charge is 0.359 e. The molecule has 0 aromatic heterocycles. The van der Waals surface area contributed by atoms with Crippen LogP contribution in [0.5, 0.6) is 0 Å². The van der Waals surface area contributed by atoms with Crippen molar-refractivity contribution in [3.05, 3.63) is 33.9 Å². The molecule has 1 heterocycles. The van der Waals surface area contributed by atoms with Gasteiger partial charge in [-0.15, -0.1) is 0 Å². The van der Waals surface area contributed by atoms with E-state index in [1.54, 1.807) is 6.07 Å². The Hall–Kier alpha value is -1.95. The molecule has 0 bridgehead atoms. The Morgan fingerprint density at radius 2 is 2.35 bits per heavy atom. The monoisotopic (exact) mass is 277 g/mol. The Morgan fingerprint density at radius 3 is 2.95 bits per heavy atom. The van der Waals surface area contributed by atoms with Crippen molar-refractivity contribution in [3.8, 4) is 0 Å². The molecule has 1 fully saturated rings. The van der Waals surface area contributed by atoms with Crippen molar-refractivity contribution in [1.29, 1.82) is 5.41 Å². The predicted octanol–water partition coefficient (Wildman–Crippen LogP) is 3.31. The molecule has 1 aliphatic heterocycles. The van der Waals surface area contributed by atoms with Gasteiger partial charge in [0.05, 0.1) is 10.6 Å². The van der Waals surface area contributed by atoms with E-state index in [0.29, 0.717) is 30.0 Å². The van der Waals surface area contributed by atoms with E-state index in [9.17, 15) is 10.1 Å². The molecular weight excluding hydrogens is 258 g/mol. The van der Waals surface area contributed by atoms with Crippen molar-refractivity contribution in [3.63, 3.8) is 0 Å². The fourth-order valence-corrected chi connectivity index (χ4v) is 2.25. The summed E-state index contributed by atoms with van der Waals surface area (Å²) in [6.07, 6.45) is 3.45. The lowest BCUT2D eigenvalue weighted by Gasteiger charge is -2.25. The van der Waals surface area contributed by atoms with Gasteiger partial charge >= 0.3 is 0 Å². The standard InChI is InChI=1S/C14H19N3O3/c1-2-12(15)11-7-6-10(17(18)19)9-13(11)16-14-5-3-4-8-20-14/h6-7,9,14-16H,2-5,8H2,1H3. The summed E-state index contributed by atoms with van der Waals surface area (Å²) >= 11 is 0. The zero-order valence-electron chi connectivity index (χ0n) is 11.5. The molecule has 108 valence electrons. The molecule has 1 atom stereocenters. The van der Waals surface area contributed by atoms with Crippen LogP contribution < -0.4 is 5.32 Å². The van der Waals surface area contributed by atoms with Gasteiger partial charge in [-0.1, -0.05) is 6.92 Å². The van der Waals surface area contributed by atoms with Crippen molar-refractivity contribution in [2.75, 3.05) is 11.9 Å². The van der Waals surface area contributed by atoms with E-state index in [-0.39, 0.29) is 11.9 Å². The summed E-state index contributed by atoms with van der Waals surface area (Å²) in [6, 6.07) is 4.55. The number of ether oxygens (including phenoxy) is 1. The normalized spacial score (nSPS) is 18.6. The van der Waals surface area contributed by atoms with Gasteiger partial charge in [-0.05, 0) is 31.7 Å². The van der Waals surface area contributed by atoms with Crippen LogP contribution >= 0.6 is 0 Å². The first kappa shape index (κ1) is 14.5. The molecule has 0 saturated carbocycles. The van der Waals surface area contributed by atoms with Gasteiger partial charge in [-0.3, -0.25) is 10.1 Å². The van der Waals surface area contributed by atoms with Crippen LogP contribution in [0.4, 0.5) is 11.4 Å². The van der Waals surface area contributed by atoms with Crippen molar-refractivity contribution in [2.45, 2.75) is 38.8 Å². The zero-order valence-corrected chi connectivity index (χ0v) is 11.5. The van der Waals surface area contributed by atoms with Crippen LogP contribution in [0.3, 0.4) is 0 Å². The second-order valence-electron chi connectivity index (χ2n) is 4.82. The minimum absolute atomic E-state index is 0.0240. The first-order valence-electron chi connectivity index (χ1n) is 6.86. The number of non-ortho nitro benzene ring substituents is 1. The number of hydrogen-bond donors (Lipinski definition) is 2. The van der Waals surface area contributed by atoms with Crippen molar-refractivity contribution in [2.24, 2.45) is 0 Å². The molecular formula is C14H19N3O3. The summed E-state index contributed by atoms with van der Waals surface area (Å²) in [5.74, 6) is 0. The molecule has 1 unspecified atom stereocenters. The Kier molecular flexibility index (Phi) is 4.68. The van der Waals surface area contributed by atoms with E-state index in [1.165, 1.54) is 12.1 Å². The van der Waals surface area contributed by atoms with E-state index < -0.39 is 4.92 Å². The zero-order chi connectivity index (χ0) is 14.5. The highest BCUT2D eigenvalue weighted by atomic mass is 16.6. The molecule has 2 N–H and O–H groups in total. The fraction of sp³-hybridized carbons (Fsp3) is 0.500. The van der Waals surface area contributed by atoms with Gasteiger partial charge < -0.3 is 15.5 Å². The van der Waals surface area contributed by atoms with Crippen molar-refractivity contribution < 1.29 is 9.66 Å². The maximum Gasteiger partial charge on any atom is 0.271 e. The summed E-state index contributed by atoms with van der Waals surface area (Å²) < 4.78 is 5.60. The van der Waals surface area contributed by atoms with Crippen LogP contribution in [0.2, 0.25) is 0 Å². The van der Waals surface area contributed by atoms with E-state index in [0.717, 1.165) is 19.3 Å². The van der Waals surface area contributed by atoms with Gasteiger partial charge in [0.25, 0.3) is 5.69 Å². The van der Waals surface area contributed by atoms with Gasteiger partial charge in [-0.25, -0.2) is 0 Å². The lowest BCUT2D eigenvalue weighted by molar-refractivity contribution is -0.384. The third-order valence-electron chi connectivity index (χ3n) is 3.39. The molecule has 2 rings (SSSR count). The van der Waals surface area contributed by atoms with Crippen LogP contribution in [0.15, 0.2) is 18.2 Å². The molecule has 6 heteroatoms. The highest BCUT2D eigenvalue weighted by Gasteiger charge is 2.18. The number of nitrogens with zero attached hydrogens (tertiary/aromatic N) is 1. The fourth-order valence-electron chi connectivity index (χ4n) is 2.25. The lowest BCUT2D eigenvalue weighted by Crippen LogP contribution is -2.28. The lowest BCUT2D eigenvalue weighted by atomic mass is 10.0. The first-order valence-corrected chi connectivity index (χ1v) is 6.86. The van der Waals surface area contributed by atoms with Gasteiger partial charge in [-0.2, -0.15) is 0 Å². The molecule has 0 amide bonds. The highest BCUT2D eigenvalue weighted by Crippen LogP contribution is 2.26. The summed E-state index contributed by atoms with van der Waals surface area (Å²) in [7, 11) is 0. The summed E-state index contributed by atoms with van der Waals surface area (Å²) in [5, 5.41) is 22.0. The predicted molar refractivity (Wildman–Crippen MR) is 77.4 cm³/mol. The number of nitro benzene ring substituents is 1. The molecule has 20 heavy (non-hydrogen) atoms. The third-order valence-corrected chi connectivity index (χ3v) is 3.39. The Balaban J connectivity index is 2.27. The minimum Gasteiger partial charge on any atom is -0.359 e. The number of anilines is 1. The second-order valence-corrected chi connectivity index (χ2v) is 4.82. The molecule has 1 saturated heterocycles. The van der Waals surface area contributed by atoms with E-state index in [4.69, 9.17) is 10.1 Å². The number of nitrogens with one attached hydrogen (secondary N) is 2. The number of hydrogen-bond acceptors (Lipinski definition) is 5. The summed E-state index contributed by atoms with van der Waals surface area (Å²) in [5.41, 5.74) is 1.79. The SMILES string of the molecule is CCC(=N)c1ccc([N+](=O)[O-])cc1NC1CCCCO1. The number of rotatable bonds is 5. The van der Waals surface area contributed by atoms with E-state index in [1.807, 2.05) is 6.92 Å². The third kappa shape index (κ3) is 3.33. The van der Waals surface area contributed by atoms with E-state index in [2.05, 4.69) is 5.32 Å². The summed E-state index contributed by atoms with van der Waals surface area (Å²) in [6.45, 7) is 2.60. The van der Waals surface area contributed by atoms with Gasteiger partial charge in [0.2, 0.25) is 0 Å². The average Bonchev–Trinajstić information content (AvgIpc) is 2.47. The molecule has 1 aromatic carbocycles. The van der Waals surface area contributed by atoms with Crippen molar-refractivity contribution >= 4 is 17.1 Å². The van der Waals surface area contributed by atoms with Crippen LogP contribution in [0.1, 0.15) is 38.2 Å². The number of nitro groups is 1. The molecule has 6 nitrogen and oxygen atoms in total. The quantitative estimate of drug-likeness (QED) is 0.491. The molecule has 1 aromatic rings. The van der Waals surface area contributed by atoms with Gasteiger partial charge in [0, 0.05) is 30.0 Å². The average molecular weight is 277 g/mol.